The second kappa shape index (κ2) is 9.72. The van der Waals surface area contributed by atoms with E-state index in [-0.39, 0.29) is 5.91 Å². The van der Waals surface area contributed by atoms with Gasteiger partial charge in [-0.25, -0.2) is 9.67 Å². The molecular formula is C29H25ClN4O. The quantitative estimate of drug-likeness (QED) is 0.300. The van der Waals surface area contributed by atoms with Gasteiger partial charge in [0.25, 0.3) is 5.91 Å². The molecule has 35 heavy (non-hydrogen) atoms. The normalized spacial score (nSPS) is 11.1. The van der Waals surface area contributed by atoms with Gasteiger partial charge in [0.05, 0.1) is 34.4 Å². The number of benzene rings is 3. The van der Waals surface area contributed by atoms with Gasteiger partial charge >= 0.3 is 0 Å². The van der Waals surface area contributed by atoms with E-state index in [1.807, 2.05) is 72.4 Å². The van der Waals surface area contributed by atoms with E-state index in [0.29, 0.717) is 22.8 Å². The Morgan fingerprint density at radius 3 is 2.51 bits per heavy atom. The summed E-state index contributed by atoms with van der Waals surface area (Å²) in [6, 6.07) is 25.4. The van der Waals surface area contributed by atoms with Crippen LogP contribution in [0, 0.1) is 6.92 Å². The Morgan fingerprint density at radius 2 is 1.74 bits per heavy atom. The van der Waals surface area contributed by atoms with Gasteiger partial charge in [-0.05, 0) is 54.8 Å². The molecule has 0 saturated carbocycles. The number of carbonyl (C=O) groups excluding carboxylic acids is 1. The molecule has 0 aliphatic carbocycles. The minimum absolute atomic E-state index is 0.176. The summed E-state index contributed by atoms with van der Waals surface area (Å²) in [5.41, 5.74) is 7.01. The lowest BCUT2D eigenvalue weighted by molar-refractivity contribution is 0.0952. The second-order valence-corrected chi connectivity index (χ2v) is 8.83. The van der Waals surface area contributed by atoms with Crippen molar-refractivity contribution >= 4 is 28.4 Å². The Bertz CT molecular complexity index is 1520. The average molecular weight is 481 g/mol. The van der Waals surface area contributed by atoms with Crippen LogP contribution < -0.4 is 5.32 Å². The molecule has 1 amide bonds. The van der Waals surface area contributed by atoms with Crippen LogP contribution in [0.5, 0.6) is 0 Å². The molecule has 174 valence electrons. The number of fused-ring (bicyclic) bond motifs is 1. The fraction of sp³-hybridized carbons (Fsp3) is 0.138. The van der Waals surface area contributed by atoms with Crippen molar-refractivity contribution in [2.24, 2.45) is 0 Å². The molecule has 2 aromatic heterocycles. The molecule has 0 spiro atoms. The molecule has 0 saturated heterocycles. The summed E-state index contributed by atoms with van der Waals surface area (Å²) in [5.74, 6) is -0.176. The molecule has 0 radical (unpaired) electrons. The molecule has 1 N–H and O–H groups in total. The summed E-state index contributed by atoms with van der Waals surface area (Å²) in [7, 11) is 0. The number of nitrogens with one attached hydrogen (secondary N) is 1. The summed E-state index contributed by atoms with van der Waals surface area (Å²) < 4.78 is 1.91. The van der Waals surface area contributed by atoms with Crippen LogP contribution in [0.2, 0.25) is 5.02 Å². The first-order chi connectivity index (χ1) is 17.0. The molecular weight excluding hydrogens is 456 g/mol. The predicted octanol–water partition coefficient (Wildman–Crippen LogP) is 6.54. The summed E-state index contributed by atoms with van der Waals surface area (Å²) in [5, 5.41) is 9.06. The summed E-state index contributed by atoms with van der Waals surface area (Å²) in [6.45, 7) is 4.50. The number of hydrogen-bond acceptors (Lipinski definition) is 3. The maximum absolute atomic E-state index is 13.3. The highest BCUT2D eigenvalue weighted by atomic mass is 35.5. The number of carbonyl (C=O) groups is 1. The number of halogens is 1. The third kappa shape index (κ3) is 4.55. The van der Waals surface area contributed by atoms with Crippen molar-refractivity contribution in [2.75, 3.05) is 0 Å². The number of aryl methyl sites for hydroxylation is 1. The number of pyridine rings is 1. The van der Waals surface area contributed by atoms with Gasteiger partial charge in [0.15, 0.2) is 0 Å². The third-order valence-corrected chi connectivity index (χ3v) is 6.60. The van der Waals surface area contributed by atoms with E-state index in [9.17, 15) is 4.79 Å². The van der Waals surface area contributed by atoms with Crippen molar-refractivity contribution in [3.8, 4) is 16.9 Å². The van der Waals surface area contributed by atoms with Crippen LogP contribution in [0.25, 0.3) is 27.8 Å². The van der Waals surface area contributed by atoms with E-state index in [1.165, 1.54) is 5.56 Å². The number of amides is 1. The Labute approximate surface area is 209 Å². The number of aromatic nitrogens is 3. The zero-order valence-corrected chi connectivity index (χ0v) is 20.4. The van der Waals surface area contributed by atoms with E-state index in [1.54, 1.807) is 0 Å². The lowest BCUT2D eigenvalue weighted by Crippen LogP contribution is -2.23. The zero-order valence-electron chi connectivity index (χ0n) is 19.6. The van der Waals surface area contributed by atoms with Crippen molar-refractivity contribution in [2.45, 2.75) is 26.8 Å². The first-order valence-electron chi connectivity index (χ1n) is 11.6. The minimum Gasteiger partial charge on any atom is -0.348 e. The fourth-order valence-corrected chi connectivity index (χ4v) is 4.41. The van der Waals surface area contributed by atoms with Crippen LogP contribution in [0.3, 0.4) is 0 Å². The molecule has 6 heteroatoms. The number of para-hydroxylation sites is 1. The molecule has 0 bridgehead atoms. The molecule has 5 nitrogen and oxygen atoms in total. The van der Waals surface area contributed by atoms with E-state index in [2.05, 4.69) is 41.6 Å². The molecule has 2 heterocycles. The fourth-order valence-electron chi connectivity index (χ4n) is 4.21. The maximum atomic E-state index is 13.3. The monoisotopic (exact) mass is 480 g/mol. The van der Waals surface area contributed by atoms with Gasteiger partial charge < -0.3 is 5.32 Å². The van der Waals surface area contributed by atoms with Crippen LogP contribution in [-0.2, 0) is 13.0 Å². The average Bonchev–Trinajstić information content (AvgIpc) is 3.28. The summed E-state index contributed by atoms with van der Waals surface area (Å²) in [6.07, 6.45) is 2.80. The van der Waals surface area contributed by atoms with Gasteiger partial charge in [-0.1, -0.05) is 67.1 Å². The molecule has 0 aliphatic heterocycles. The third-order valence-electron chi connectivity index (χ3n) is 6.23. The van der Waals surface area contributed by atoms with Gasteiger partial charge in [0.1, 0.15) is 0 Å². The smallest absolute Gasteiger partial charge is 0.252 e. The molecule has 0 fully saturated rings. The predicted molar refractivity (Wildman–Crippen MR) is 141 cm³/mol. The maximum Gasteiger partial charge on any atom is 0.252 e. The summed E-state index contributed by atoms with van der Waals surface area (Å²) in [4.78, 5) is 18.2. The van der Waals surface area contributed by atoms with Crippen LogP contribution in [0.15, 0.2) is 85.1 Å². The number of nitrogens with zero attached hydrogens (tertiary/aromatic N) is 3. The number of hydrogen-bond donors (Lipinski definition) is 1. The first-order valence-corrected chi connectivity index (χ1v) is 12.0. The standard InChI is InChI=1S/C29H25ClN4O/c1-3-20-12-14-22(15-13-20)34-19(2)25(18-32-34)28-16-24(23-9-5-7-11-27(23)33-28)29(35)31-17-21-8-4-6-10-26(21)30/h4-16,18H,3,17H2,1-2H3,(H,31,35). The zero-order chi connectivity index (χ0) is 24.4. The second-order valence-electron chi connectivity index (χ2n) is 8.42. The Hall–Kier alpha value is -3.96. The van der Waals surface area contributed by atoms with Crippen LogP contribution in [0.1, 0.15) is 34.1 Å². The van der Waals surface area contributed by atoms with Crippen LogP contribution in [-0.4, -0.2) is 20.7 Å². The largest absolute Gasteiger partial charge is 0.348 e. The van der Waals surface area contributed by atoms with E-state index in [4.69, 9.17) is 16.6 Å². The van der Waals surface area contributed by atoms with Gasteiger partial charge in [0, 0.05) is 22.5 Å². The van der Waals surface area contributed by atoms with Gasteiger partial charge in [0.2, 0.25) is 0 Å². The highest BCUT2D eigenvalue weighted by Crippen LogP contribution is 2.28. The van der Waals surface area contributed by atoms with Crippen molar-refractivity contribution in [3.63, 3.8) is 0 Å². The molecule has 5 aromatic rings. The Morgan fingerprint density at radius 1 is 1.00 bits per heavy atom. The van der Waals surface area contributed by atoms with Crippen molar-refractivity contribution in [1.29, 1.82) is 0 Å². The summed E-state index contributed by atoms with van der Waals surface area (Å²) >= 11 is 6.27. The molecule has 0 aliphatic rings. The minimum atomic E-state index is -0.176. The molecule has 0 atom stereocenters. The molecule has 0 unspecified atom stereocenters. The molecule has 5 rings (SSSR count). The highest BCUT2D eigenvalue weighted by molar-refractivity contribution is 6.31. The lowest BCUT2D eigenvalue weighted by atomic mass is 10.0. The Kier molecular flexibility index (Phi) is 6.34. The van der Waals surface area contributed by atoms with Crippen LogP contribution >= 0.6 is 11.6 Å². The SMILES string of the molecule is CCc1ccc(-n2ncc(-c3cc(C(=O)NCc4ccccc4Cl)c4ccccc4n3)c2C)cc1. The van der Waals surface area contributed by atoms with E-state index >= 15 is 0 Å². The highest BCUT2D eigenvalue weighted by Gasteiger charge is 2.17. The van der Waals surface area contributed by atoms with Crippen molar-refractivity contribution in [3.05, 3.63) is 112 Å². The van der Waals surface area contributed by atoms with Crippen LogP contribution in [0.4, 0.5) is 0 Å². The Balaban J connectivity index is 1.52. The molecule has 3 aromatic carbocycles. The van der Waals surface area contributed by atoms with Crippen molar-refractivity contribution in [1.82, 2.24) is 20.1 Å². The lowest BCUT2D eigenvalue weighted by Gasteiger charge is -2.11. The number of rotatable bonds is 6. The topological polar surface area (TPSA) is 59.8 Å². The van der Waals surface area contributed by atoms with Gasteiger partial charge in [-0.3, -0.25) is 4.79 Å². The van der Waals surface area contributed by atoms with Crippen molar-refractivity contribution < 1.29 is 4.79 Å². The van der Waals surface area contributed by atoms with Gasteiger partial charge in [-0.15, -0.1) is 0 Å². The van der Waals surface area contributed by atoms with E-state index < -0.39 is 0 Å². The first kappa shape index (κ1) is 22.8. The van der Waals surface area contributed by atoms with E-state index in [0.717, 1.165) is 39.8 Å². The van der Waals surface area contributed by atoms with Gasteiger partial charge in [-0.2, -0.15) is 5.10 Å².